The third-order valence-electron chi connectivity index (χ3n) is 3.47. The molecule has 0 amide bonds. The van der Waals surface area contributed by atoms with E-state index in [1.165, 1.54) is 25.7 Å². The molecule has 0 aromatic carbocycles. The zero-order valence-corrected chi connectivity index (χ0v) is 10.0. The lowest BCUT2D eigenvalue weighted by Gasteiger charge is -2.31. The molecule has 1 saturated carbocycles. The fourth-order valence-electron chi connectivity index (χ4n) is 2.63. The third kappa shape index (κ3) is 2.76. The van der Waals surface area contributed by atoms with Crippen molar-refractivity contribution in [3.8, 4) is 0 Å². The Morgan fingerprint density at radius 2 is 2.06 bits per heavy atom. The van der Waals surface area contributed by atoms with E-state index in [2.05, 4.69) is 9.88 Å². The molecule has 0 bridgehead atoms. The second-order valence-electron chi connectivity index (χ2n) is 4.52. The average molecular weight is 236 g/mol. The highest BCUT2D eigenvalue weighted by Gasteiger charge is 2.24. The molecule has 2 N–H and O–H groups in total. The van der Waals surface area contributed by atoms with Gasteiger partial charge in [-0.05, 0) is 18.9 Å². The maximum Gasteiger partial charge on any atom is 0.0703 e. The van der Waals surface area contributed by atoms with Gasteiger partial charge in [0, 0.05) is 24.3 Å². The zero-order valence-electron chi connectivity index (χ0n) is 10.0. The van der Waals surface area contributed by atoms with E-state index >= 15 is 0 Å². The van der Waals surface area contributed by atoms with Crippen LogP contribution in [0.3, 0.4) is 0 Å². The highest BCUT2D eigenvalue weighted by Crippen LogP contribution is 2.29. The Hall–Kier alpha value is -1.13. The molecule has 0 atom stereocenters. The molecule has 0 unspecified atom stereocenters. The summed E-state index contributed by atoms with van der Waals surface area (Å²) in [7, 11) is 0. The lowest BCUT2D eigenvalue weighted by molar-refractivity contribution is 0.279. The Morgan fingerprint density at radius 3 is 2.71 bits per heavy atom. The van der Waals surface area contributed by atoms with Crippen LogP contribution in [0.5, 0.6) is 0 Å². The van der Waals surface area contributed by atoms with Crippen molar-refractivity contribution in [2.75, 3.05) is 18.1 Å². The summed E-state index contributed by atoms with van der Waals surface area (Å²) in [5.41, 5.74) is 1.86. The van der Waals surface area contributed by atoms with Gasteiger partial charge in [0.2, 0.25) is 0 Å². The van der Waals surface area contributed by atoms with Crippen molar-refractivity contribution in [1.29, 1.82) is 0 Å². The Morgan fingerprint density at radius 1 is 1.29 bits per heavy atom. The zero-order chi connectivity index (χ0) is 12.1. The highest BCUT2D eigenvalue weighted by atomic mass is 16.3. The summed E-state index contributed by atoms with van der Waals surface area (Å²) >= 11 is 0. The third-order valence-corrected chi connectivity index (χ3v) is 3.47. The van der Waals surface area contributed by atoms with E-state index in [9.17, 15) is 10.2 Å². The van der Waals surface area contributed by atoms with Gasteiger partial charge in [-0.1, -0.05) is 12.8 Å². The van der Waals surface area contributed by atoms with Crippen molar-refractivity contribution in [3.63, 3.8) is 0 Å². The van der Waals surface area contributed by atoms with Gasteiger partial charge in [-0.15, -0.1) is 0 Å². The van der Waals surface area contributed by atoms with Crippen molar-refractivity contribution in [3.05, 3.63) is 24.0 Å². The topological polar surface area (TPSA) is 56.6 Å². The number of aromatic nitrogens is 1. The molecule has 0 spiro atoms. The number of hydrogen-bond donors (Lipinski definition) is 2. The summed E-state index contributed by atoms with van der Waals surface area (Å²) in [5.74, 6) is 0. The van der Waals surface area contributed by atoms with Crippen molar-refractivity contribution >= 4 is 5.69 Å². The molecule has 1 fully saturated rings. The minimum absolute atomic E-state index is 0.0203. The first kappa shape index (κ1) is 12.3. The van der Waals surface area contributed by atoms with E-state index < -0.39 is 0 Å². The van der Waals surface area contributed by atoms with E-state index in [4.69, 9.17) is 0 Å². The molecular formula is C13H20N2O2. The molecule has 4 nitrogen and oxygen atoms in total. The van der Waals surface area contributed by atoms with Gasteiger partial charge in [0.15, 0.2) is 0 Å². The Bertz CT molecular complexity index is 351. The monoisotopic (exact) mass is 236 g/mol. The van der Waals surface area contributed by atoms with Crippen LogP contribution in [0.4, 0.5) is 5.69 Å². The van der Waals surface area contributed by atoms with Crippen LogP contribution in [0.2, 0.25) is 0 Å². The van der Waals surface area contributed by atoms with E-state index in [-0.39, 0.29) is 13.2 Å². The lowest BCUT2D eigenvalue weighted by atomic mass is 10.1. The summed E-state index contributed by atoms with van der Waals surface area (Å²) < 4.78 is 0. The second kappa shape index (κ2) is 5.98. The summed E-state index contributed by atoms with van der Waals surface area (Å²) in [6.07, 6.45) is 8.32. The van der Waals surface area contributed by atoms with Gasteiger partial charge in [-0.25, -0.2) is 0 Å². The largest absolute Gasteiger partial charge is 0.395 e. The Labute approximate surface area is 102 Å². The molecule has 4 heteroatoms. The Kier molecular flexibility index (Phi) is 4.34. The molecule has 0 radical (unpaired) electrons. The van der Waals surface area contributed by atoms with Crippen LogP contribution in [-0.2, 0) is 6.61 Å². The normalized spacial score (nSPS) is 16.4. The maximum absolute atomic E-state index is 9.36. The van der Waals surface area contributed by atoms with Crippen molar-refractivity contribution in [2.24, 2.45) is 0 Å². The van der Waals surface area contributed by atoms with Gasteiger partial charge < -0.3 is 15.1 Å². The molecule has 1 aliphatic rings. The molecule has 94 valence electrons. The second-order valence-corrected chi connectivity index (χ2v) is 4.52. The minimum atomic E-state index is 0.0203. The number of rotatable bonds is 5. The van der Waals surface area contributed by atoms with Crippen molar-refractivity contribution < 1.29 is 10.2 Å². The van der Waals surface area contributed by atoms with Gasteiger partial charge in [-0.2, -0.15) is 0 Å². The Balaban J connectivity index is 2.24. The first-order valence-corrected chi connectivity index (χ1v) is 6.28. The first-order valence-electron chi connectivity index (χ1n) is 6.28. The van der Waals surface area contributed by atoms with Crippen LogP contribution < -0.4 is 4.90 Å². The SMILES string of the molecule is OCCN(c1cnccc1CO)C1CCCC1. The highest BCUT2D eigenvalue weighted by molar-refractivity contribution is 5.52. The van der Waals surface area contributed by atoms with Gasteiger partial charge in [0.05, 0.1) is 25.1 Å². The van der Waals surface area contributed by atoms with Gasteiger partial charge in [0.25, 0.3) is 0 Å². The summed E-state index contributed by atoms with van der Waals surface area (Å²) in [4.78, 5) is 6.33. The molecule has 2 rings (SSSR count). The molecule has 17 heavy (non-hydrogen) atoms. The van der Waals surface area contributed by atoms with Gasteiger partial charge in [0.1, 0.15) is 0 Å². The summed E-state index contributed by atoms with van der Waals surface area (Å²) in [6, 6.07) is 2.32. The molecule has 1 aromatic heterocycles. The van der Waals surface area contributed by atoms with E-state index in [0.717, 1.165) is 11.3 Å². The molecule has 1 aliphatic carbocycles. The van der Waals surface area contributed by atoms with Gasteiger partial charge >= 0.3 is 0 Å². The summed E-state index contributed by atoms with van der Waals surface area (Å²) in [6.45, 7) is 0.770. The fourth-order valence-corrected chi connectivity index (χ4v) is 2.63. The number of pyridine rings is 1. The molecular weight excluding hydrogens is 216 g/mol. The standard InChI is InChI=1S/C13H20N2O2/c16-8-7-15(12-3-1-2-4-12)13-9-14-6-5-11(13)10-17/h5-6,9,12,16-17H,1-4,7-8,10H2. The number of aliphatic hydroxyl groups excluding tert-OH is 2. The number of nitrogens with zero attached hydrogens (tertiary/aromatic N) is 2. The minimum Gasteiger partial charge on any atom is -0.395 e. The average Bonchev–Trinajstić information content (AvgIpc) is 2.89. The maximum atomic E-state index is 9.36. The number of aliphatic hydroxyl groups is 2. The van der Waals surface area contributed by atoms with Crippen LogP contribution >= 0.6 is 0 Å². The van der Waals surface area contributed by atoms with Crippen LogP contribution in [0, 0.1) is 0 Å². The van der Waals surface area contributed by atoms with E-state index in [0.29, 0.717) is 12.6 Å². The smallest absolute Gasteiger partial charge is 0.0703 e. The molecule has 1 aromatic rings. The summed E-state index contributed by atoms with van der Waals surface area (Å²) in [5, 5.41) is 18.6. The van der Waals surface area contributed by atoms with Crippen LogP contribution in [0.15, 0.2) is 18.5 Å². The van der Waals surface area contributed by atoms with Crippen LogP contribution in [0.25, 0.3) is 0 Å². The van der Waals surface area contributed by atoms with Crippen LogP contribution in [-0.4, -0.2) is 34.4 Å². The van der Waals surface area contributed by atoms with E-state index in [1.807, 2.05) is 6.07 Å². The predicted octanol–water partition coefficient (Wildman–Crippen LogP) is 1.32. The van der Waals surface area contributed by atoms with Crippen LogP contribution in [0.1, 0.15) is 31.2 Å². The number of hydrogen-bond acceptors (Lipinski definition) is 4. The number of anilines is 1. The van der Waals surface area contributed by atoms with Gasteiger partial charge in [-0.3, -0.25) is 4.98 Å². The van der Waals surface area contributed by atoms with Crippen molar-refractivity contribution in [2.45, 2.75) is 38.3 Å². The molecule has 0 aliphatic heterocycles. The lowest BCUT2D eigenvalue weighted by Crippen LogP contribution is -2.36. The predicted molar refractivity (Wildman–Crippen MR) is 66.8 cm³/mol. The molecule has 0 saturated heterocycles. The molecule has 1 heterocycles. The fraction of sp³-hybridized carbons (Fsp3) is 0.615. The van der Waals surface area contributed by atoms with Crippen molar-refractivity contribution in [1.82, 2.24) is 4.98 Å². The van der Waals surface area contributed by atoms with E-state index in [1.54, 1.807) is 12.4 Å². The first-order chi connectivity index (χ1) is 8.36. The quantitative estimate of drug-likeness (QED) is 0.809.